The van der Waals surface area contributed by atoms with Crippen LogP contribution in [-0.4, -0.2) is 12.5 Å². The minimum Gasteiger partial charge on any atom is -0.488 e. The van der Waals surface area contributed by atoms with Crippen LogP contribution in [0.25, 0.3) is 0 Å². The van der Waals surface area contributed by atoms with Crippen molar-refractivity contribution < 1.29 is 9.53 Å². The van der Waals surface area contributed by atoms with Gasteiger partial charge in [-0.1, -0.05) is 71.8 Å². The van der Waals surface area contributed by atoms with Gasteiger partial charge in [0.1, 0.15) is 12.4 Å². The van der Waals surface area contributed by atoms with E-state index in [2.05, 4.69) is 36.5 Å². The maximum Gasteiger partial charge on any atom is 0.255 e. The summed E-state index contributed by atoms with van der Waals surface area (Å²) in [4.78, 5) is 12.6. The van der Waals surface area contributed by atoms with E-state index >= 15 is 0 Å². The summed E-state index contributed by atoms with van der Waals surface area (Å²) in [6.45, 7) is 3.07. The summed E-state index contributed by atoms with van der Waals surface area (Å²) >= 11 is 6.10. The molecule has 1 N–H and O–H groups in total. The maximum atomic E-state index is 12.6. The van der Waals surface area contributed by atoms with E-state index < -0.39 is 0 Å². The first-order valence-electron chi connectivity index (χ1n) is 9.42. The molecule has 3 nitrogen and oxygen atoms in total. The zero-order valence-electron chi connectivity index (χ0n) is 16.0. The summed E-state index contributed by atoms with van der Waals surface area (Å²) in [5.41, 5.74) is 4.02. The number of hydrogen-bond acceptors (Lipinski definition) is 2. The zero-order chi connectivity index (χ0) is 19.8. The number of aryl methyl sites for hydroxylation is 2. The maximum absolute atomic E-state index is 12.6. The fourth-order valence-electron chi connectivity index (χ4n) is 2.89. The molecule has 3 aromatic carbocycles. The lowest BCUT2D eigenvalue weighted by Gasteiger charge is -2.12. The molecule has 28 heavy (non-hydrogen) atoms. The standard InChI is InChI=1S/C24H24ClNO2/c1-18-9-11-19(12-10-18)8-5-15-26-24(27)22-16-21(25)13-14-23(22)28-17-20-6-3-2-4-7-20/h2-4,6-7,9-14,16H,5,8,15,17H2,1H3,(H,26,27). The number of carbonyl (C=O) groups is 1. The summed E-state index contributed by atoms with van der Waals surface area (Å²) in [7, 11) is 0. The van der Waals surface area contributed by atoms with E-state index in [4.69, 9.17) is 16.3 Å². The topological polar surface area (TPSA) is 38.3 Å². The Bertz CT molecular complexity index is 908. The van der Waals surface area contributed by atoms with Gasteiger partial charge in [0, 0.05) is 11.6 Å². The summed E-state index contributed by atoms with van der Waals surface area (Å²) in [5, 5.41) is 3.48. The van der Waals surface area contributed by atoms with E-state index in [1.54, 1.807) is 18.2 Å². The molecule has 0 aromatic heterocycles. The summed E-state index contributed by atoms with van der Waals surface area (Å²) in [5.74, 6) is 0.360. The number of halogens is 1. The molecule has 3 aromatic rings. The molecule has 1 amide bonds. The zero-order valence-corrected chi connectivity index (χ0v) is 16.7. The Morgan fingerprint density at radius 1 is 0.964 bits per heavy atom. The van der Waals surface area contributed by atoms with Gasteiger partial charge in [0.15, 0.2) is 0 Å². The number of rotatable bonds is 8. The normalized spacial score (nSPS) is 10.5. The molecule has 0 heterocycles. The first-order chi connectivity index (χ1) is 13.6. The van der Waals surface area contributed by atoms with Crippen LogP contribution in [0.2, 0.25) is 5.02 Å². The third-order valence-electron chi connectivity index (χ3n) is 4.47. The van der Waals surface area contributed by atoms with Crippen molar-refractivity contribution in [2.24, 2.45) is 0 Å². The summed E-state index contributed by atoms with van der Waals surface area (Å²) in [6.07, 6.45) is 1.79. The molecule has 0 saturated carbocycles. The highest BCUT2D eigenvalue weighted by atomic mass is 35.5. The second-order valence-corrected chi connectivity index (χ2v) is 7.20. The second kappa shape index (κ2) is 9.95. The molecule has 0 fully saturated rings. The Labute approximate surface area is 171 Å². The molecule has 0 aliphatic rings. The van der Waals surface area contributed by atoms with E-state index in [1.165, 1.54) is 11.1 Å². The van der Waals surface area contributed by atoms with Crippen molar-refractivity contribution in [1.29, 1.82) is 0 Å². The largest absolute Gasteiger partial charge is 0.488 e. The average molecular weight is 394 g/mol. The van der Waals surface area contributed by atoms with Crippen molar-refractivity contribution in [3.63, 3.8) is 0 Å². The van der Waals surface area contributed by atoms with Crippen LogP contribution < -0.4 is 10.1 Å². The van der Waals surface area contributed by atoms with Crippen LogP contribution in [0.4, 0.5) is 0 Å². The number of ether oxygens (including phenoxy) is 1. The minimum atomic E-state index is -0.172. The lowest BCUT2D eigenvalue weighted by molar-refractivity contribution is 0.0948. The molecule has 0 spiro atoms. The molecule has 144 valence electrons. The lowest BCUT2D eigenvalue weighted by atomic mass is 10.1. The molecule has 0 unspecified atom stereocenters. The fraction of sp³-hybridized carbons (Fsp3) is 0.208. The van der Waals surface area contributed by atoms with Gasteiger partial charge in [-0.25, -0.2) is 0 Å². The number of amides is 1. The second-order valence-electron chi connectivity index (χ2n) is 6.76. The number of carbonyl (C=O) groups excluding carboxylic acids is 1. The highest BCUT2D eigenvalue weighted by molar-refractivity contribution is 6.31. The Balaban J connectivity index is 1.56. The van der Waals surface area contributed by atoms with Crippen LogP contribution in [0.3, 0.4) is 0 Å². The molecule has 0 bridgehead atoms. The Hall–Kier alpha value is -2.78. The van der Waals surface area contributed by atoms with Gasteiger partial charge < -0.3 is 10.1 Å². The van der Waals surface area contributed by atoms with Crippen LogP contribution in [-0.2, 0) is 13.0 Å². The molecule has 0 aliphatic carbocycles. The Kier molecular flexibility index (Phi) is 7.10. The van der Waals surface area contributed by atoms with Gasteiger partial charge in [0.05, 0.1) is 5.56 Å². The third kappa shape index (κ3) is 5.86. The van der Waals surface area contributed by atoms with Crippen molar-refractivity contribution in [2.75, 3.05) is 6.54 Å². The van der Waals surface area contributed by atoms with Gasteiger partial charge in [-0.2, -0.15) is 0 Å². The van der Waals surface area contributed by atoms with Crippen LogP contribution in [0.5, 0.6) is 5.75 Å². The summed E-state index contributed by atoms with van der Waals surface area (Å²) < 4.78 is 5.87. The van der Waals surface area contributed by atoms with Gasteiger partial charge in [-0.05, 0) is 49.1 Å². The lowest BCUT2D eigenvalue weighted by Crippen LogP contribution is -2.25. The third-order valence-corrected chi connectivity index (χ3v) is 4.71. The van der Waals surface area contributed by atoms with Crippen molar-refractivity contribution in [3.8, 4) is 5.75 Å². The summed E-state index contributed by atoms with van der Waals surface area (Å²) in [6, 6.07) is 23.5. The highest BCUT2D eigenvalue weighted by Gasteiger charge is 2.13. The van der Waals surface area contributed by atoms with E-state index in [0.29, 0.717) is 29.5 Å². The van der Waals surface area contributed by atoms with Gasteiger partial charge >= 0.3 is 0 Å². The van der Waals surface area contributed by atoms with Crippen LogP contribution in [0.1, 0.15) is 33.5 Å². The van der Waals surface area contributed by atoms with E-state index in [1.807, 2.05) is 30.3 Å². The molecular weight excluding hydrogens is 370 g/mol. The van der Waals surface area contributed by atoms with Crippen LogP contribution in [0.15, 0.2) is 72.8 Å². The predicted octanol–water partition coefficient (Wildman–Crippen LogP) is 5.59. The molecule has 0 saturated heterocycles. The molecular formula is C24H24ClNO2. The van der Waals surface area contributed by atoms with E-state index in [9.17, 15) is 4.79 Å². The fourth-order valence-corrected chi connectivity index (χ4v) is 3.06. The quantitative estimate of drug-likeness (QED) is 0.506. The molecule has 0 aliphatic heterocycles. The minimum absolute atomic E-state index is 0.172. The first-order valence-corrected chi connectivity index (χ1v) is 9.79. The molecule has 0 atom stereocenters. The molecule has 0 radical (unpaired) electrons. The molecule has 3 rings (SSSR count). The van der Waals surface area contributed by atoms with Gasteiger partial charge in [0.25, 0.3) is 5.91 Å². The number of hydrogen-bond donors (Lipinski definition) is 1. The van der Waals surface area contributed by atoms with Crippen molar-refractivity contribution in [3.05, 3.63) is 100 Å². The predicted molar refractivity (Wildman–Crippen MR) is 114 cm³/mol. The highest BCUT2D eigenvalue weighted by Crippen LogP contribution is 2.24. The van der Waals surface area contributed by atoms with Crippen molar-refractivity contribution in [2.45, 2.75) is 26.4 Å². The smallest absolute Gasteiger partial charge is 0.255 e. The van der Waals surface area contributed by atoms with Crippen LogP contribution >= 0.6 is 11.6 Å². The first kappa shape index (κ1) is 20.0. The molecule has 4 heteroatoms. The van der Waals surface area contributed by atoms with Gasteiger partial charge in [0.2, 0.25) is 0 Å². The van der Waals surface area contributed by atoms with Gasteiger partial charge in [-0.15, -0.1) is 0 Å². The van der Waals surface area contributed by atoms with Crippen LogP contribution in [0, 0.1) is 6.92 Å². The van der Waals surface area contributed by atoms with E-state index in [0.717, 1.165) is 18.4 Å². The van der Waals surface area contributed by atoms with Crippen molar-refractivity contribution >= 4 is 17.5 Å². The Morgan fingerprint density at radius 2 is 1.71 bits per heavy atom. The monoisotopic (exact) mass is 393 g/mol. The number of benzene rings is 3. The van der Waals surface area contributed by atoms with Gasteiger partial charge in [-0.3, -0.25) is 4.79 Å². The average Bonchev–Trinajstić information content (AvgIpc) is 2.72. The number of nitrogens with one attached hydrogen (secondary N) is 1. The SMILES string of the molecule is Cc1ccc(CCCNC(=O)c2cc(Cl)ccc2OCc2ccccc2)cc1. The van der Waals surface area contributed by atoms with Crippen molar-refractivity contribution in [1.82, 2.24) is 5.32 Å². The van der Waals surface area contributed by atoms with E-state index in [-0.39, 0.29) is 5.91 Å². The Morgan fingerprint density at radius 3 is 2.46 bits per heavy atom.